The Morgan fingerprint density at radius 2 is 2.12 bits per heavy atom. The molecule has 0 heterocycles. The Balaban J connectivity index is 4.10. The zero-order valence-electron chi connectivity index (χ0n) is 10.8. The van der Waals surface area contributed by atoms with Gasteiger partial charge in [0, 0.05) is 27.2 Å². The molecular formula is C11H25N3O2. The van der Waals surface area contributed by atoms with Crippen molar-refractivity contribution in [2.24, 2.45) is 5.73 Å². The molecule has 0 saturated carbocycles. The summed E-state index contributed by atoms with van der Waals surface area (Å²) in [5, 5.41) is 3.26. The second kappa shape index (κ2) is 8.50. The lowest BCUT2D eigenvalue weighted by molar-refractivity contribution is -0.130. The Labute approximate surface area is 98.3 Å². The number of rotatable bonds is 8. The number of methoxy groups -OCH3 is 1. The van der Waals surface area contributed by atoms with Crippen molar-refractivity contribution in [1.82, 2.24) is 10.2 Å². The summed E-state index contributed by atoms with van der Waals surface area (Å²) < 4.78 is 5.11. The van der Waals surface area contributed by atoms with Crippen LogP contribution in [0.3, 0.4) is 0 Å². The number of nitrogens with zero attached hydrogens (tertiary/aromatic N) is 1. The van der Waals surface area contributed by atoms with E-state index in [0.29, 0.717) is 13.2 Å². The maximum atomic E-state index is 11.7. The number of likely N-dealkylation sites (N-methyl/N-ethyl adjacent to an activating group) is 1. The normalized spacial score (nSPS) is 14.6. The molecule has 5 heteroatoms. The highest BCUT2D eigenvalue weighted by Crippen LogP contribution is 2.00. The fourth-order valence-electron chi connectivity index (χ4n) is 1.59. The third-order valence-electron chi connectivity index (χ3n) is 2.42. The molecule has 96 valence electrons. The van der Waals surface area contributed by atoms with E-state index in [9.17, 15) is 4.79 Å². The molecule has 1 amide bonds. The average Bonchev–Trinajstić information content (AvgIpc) is 2.24. The van der Waals surface area contributed by atoms with E-state index in [1.165, 1.54) is 0 Å². The second-order valence-electron chi connectivity index (χ2n) is 4.20. The highest BCUT2D eigenvalue weighted by atomic mass is 16.5. The van der Waals surface area contributed by atoms with Crippen LogP contribution in [0.1, 0.15) is 19.8 Å². The van der Waals surface area contributed by atoms with Gasteiger partial charge in [-0.15, -0.1) is 0 Å². The van der Waals surface area contributed by atoms with E-state index in [2.05, 4.69) is 5.32 Å². The van der Waals surface area contributed by atoms with Gasteiger partial charge < -0.3 is 20.7 Å². The van der Waals surface area contributed by atoms with E-state index in [1.54, 1.807) is 26.1 Å². The standard InChI is InChI=1S/C11H25N3O2/c1-9(11(15)14(2)3)13-10(8-16-4)6-5-7-12/h9-10,13H,5-8,12H2,1-4H3. The van der Waals surface area contributed by atoms with Crippen LogP contribution >= 0.6 is 0 Å². The fraction of sp³-hybridized carbons (Fsp3) is 0.909. The van der Waals surface area contributed by atoms with Gasteiger partial charge in [0.05, 0.1) is 12.6 Å². The zero-order chi connectivity index (χ0) is 12.6. The highest BCUT2D eigenvalue weighted by Gasteiger charge is 2.18. The zero-order valence-corrected chi connectivity index (χ0v) is 10.8. The van der Waals surface area contributed by atoms with E-state index >= 15 is 0 Å². The van der Waals surface area contributed by atoms with Gasteiger partial charge in [0.2, 0.25) is 5.91 Å². The van der Waals surface area contributed by atoms with Crippen LogP contribution in [-0.2, 0) is 9.53 Å². The van der Waals surface area contributed by atoms with Gasteiger partial charge in [-0.3, -0.25) is 4.79 Å². The molecule has 0 radical (unpaired) electrons. The number of hydrogen-bond acceptors (Lipinski definition) is 4. The first-order valence-electron chi connectivity index (χ1n) is 5.69. The first-order chi connectivity index (χ1) is 7.52. The molecule has 3 N–H and O–H groups in total. The van der Waals surface area contributed by atoms with Crippen molar-refractivity contribution in [3.8, 4) is 0 Å². The third kappa shape index (κ3) is 6.05. The lowest BCUT2D eigenvalue weighted by Gasteiger charge is -2.24. The molecule has 16 heavy (non-hydrogen) atoms. The largest absolute Gasteiger partial charge is 0.383 e. The molecule has 0 bridgehead atoms. The fourth-order valence-corrected chi connectivity index (χ4v) is 1.59. The summed E-state index contributed by atoms with van der Waals surface area (Å²) in [6, 6.07) is 0.000347. The Kier molecular flexibility index (Phi) is 8.15. The van der Waals surface area contributed by atoms with E-state index in [-0.39, 0.29) is 18.0 Å². The van der Waals surface area contributed by atoms with E-state index in [4.69, 9.17) is 10.5 Å². The minimum Gasteiger partial charge on any atom is -0.383 e. The molecule has 0 fully saturated rings. The van der Waals surface area contributed by atoms with Crippen LogP contribution in [0, 0.1) is 0 Å². The summed E-state index contributed by atoms with van der Waals surface area (Å²) in [6.07, 6.45) is 1.86. The van der Waals surface area contributed by atoms with E-state index in [1.807, 2.05) is 6.92 Å². The molecule has 0 spiro atoms. The molecule has 0 aromatic rings. The van der Waals surface area contributed by atoms with Gasteiger partial charge in [0.1, 0.15) is 0 Å². The SMILES string of the molecule is COCC(CCCN)NC(C)C(=O)N(C)C. The van der Waals surface area contributed by atoms with E-state index in [0.717, 1.165) is 12.8 Å². The number of hydrogen-bond donors (Lipinski definition) is 2. The van der Waals surface area contributed by atoms with Gasteiger partial charge in [0.25, 0.3) is 0 Å². The van der Waals surface area contributed by atoms with Crippen LogP contribution in [0.2, 0.25) is 0 Å². The number of nitrogens with one attached hydrogen (secondary N) is 1. The molecule has 0 aliphatic heterocycles. The Morgan fingerprint density at radius 3 is 2.56 bits per heavy atom. The molecule has 2 unspecified atom stereocenters. The van der Waals surface area contributed by atoms with Gasteiger partial charge in [-0.2, -0.15) is 0 Å². The topological polar surface area (TPSA) is 67.6 Å². The first-order valence-corrected chi connectivity index (χ1v) is 5.69. The summed E-state index contributed by atoms with van der Waals surface area (Å²) >= 11 is 0. The summed E-state index contributed by atoms with van der Waals surface area (Å²) in [5.41, 5.74) is 5.47. The monoisotopic (exact) mass is 231 g/mol. The number of ether oxygens (including phenoxy) is 1. The van der Waals surface area contributed by atoms with Gasteiger partial charge in [0.15, 0.2) is 0 Å². The van der Waals surface area contributed by atoms with Crippen molar-refractivity contribution in [3.05, 3.63) is 0 Å². The summed E-state index contributed by atoms with van der Waals surface area (Å²) in [7, 11) is 5.17. The Bertz CT molecular complexity index is 198. The molecule has 0 saturated heterocycles. The smallest absolute Gasteiger partial charge is 0.238 e. The summed E-state index contributed by atoms with van der Waals surface area (Å²) in [4.78, 5) is 13.2. The van der Waals surface area contributed by atoms with Crippen LogP contribution in [-0.4, -0.2) is 57.2 Å². The van der Waals surface area contributed by atoms with Crippen molar-refractivity contribution in [3.63, 3.8) is 0 Å². The molecule has 5 nitrogen and oxygen atoms in total. The highest BCUT2D eigenvalue weighted by molar-refractivity contribution is 5.80. The second-order valence-corrected chi connectivity index (χ2v) is 4.20. The van der Waals surface area contributed by atoms with Crippen molar-refractivity contribution in [2.75, 3.05) is 34.4 Å². The Hall–Kier alpha value is -0.650. The number of carbonyl (C=O) groups is 1. The number of carbonyl (C=O) groups excluding carboxylic acids is 1. The first kappa shape index (κ1) is 15.3. The van der Waals surface area contributed by atoms with Crippen LogP contribution in [0.25, 0.3) is 0 Å². The average molecular weight is 231 g/mol. The molecule has 0 aromatic carbocycles. The predicted molar refractivity (Wildman–Crippen MR) is 65.2 cm³/mol. The van der Waals surface area contributed by atoms with Crippen molar-refractivity contribution < 1.29 is 9.53 Å². The third-order valence-corrected chi connectivity index (χ3v) is 2.42. The van der Waals surface area contributed by atoms with Crippen LogP contribution in [0.5, 0.6) is 0 Å². The minimum atomic E-state index is -0.187. The van der Waals surface area contributed by atoms with Crippen LogP contribution in [0.15, 0.2) is 0 Å². The minimum absolute atomic E-state index is 0.0776. The number of nitrogens with two attached hydrogens (primary N) is 1. The Morgan fingerprint density at radius 1 is 1.50 bits per heavy atom. The van der Waals surface area contributed by atoms with Gasteiger partial charge in [-0.05, 0) is 26.3 Å². The molecule has 0 rings (SSSR count). The summed E-state index contributed by atoms with van der Waals surface area (Å²) in [6.45, 7) is 3.14. The predicted octanol–water partition coefficient (Wildman–Crippen LogP) is -0.193. The molecule has 0 aromatic heterocycles. The lowest BCUT2D eigenvalue weighted by Crippen LogP contribution is -2.47. The van der Waals surface area contributed by atoms with Gasteiger partial charge in [-0.25, -0.2) is 0 Å². The summed E-state index contributed by atoms with van der Waals surface area (Å²) in [5.74, 6) is 0.0776. The molecule has 0 aliphatic carbocycles. The molecule has 0 aliphatic rings. The van der Waals surface area contributed by atoms with Crippen molar-refractivity contribution in [2.45, 2.75) is 31.8 Å². The maximum absolute atomic E-state index is 11.7. The van der Waals surface area contributed by atoms with Gasteiger partial charge in [-0.1, -0.05) is 0 Å². The van der Waals surface area contributed by atoms with Gasteiger partial charge >= 0.3 is 0 Å². The quantitative estimate of drug-likeness (QED) is 0.607. The van der Waals surface area contributed by atoms with Crippen molar-refractivity contribution in [1.29, 1.82) is 0 Å². The van der Waals surface area contributed by atoms with E-state index < -0.39 is 0 Å². The van der Waals surface area contributed by atoms with Crippen molar-refractivity contribution >= 4 is 5.91 Å². The van der Waals surface area contributed by atoms with Crippen LogP contribution < -0.4 is 11.1 Å². The molecule has 2 atom stereocenters. The lowest BCUT2D eigenvalue weighted by atomic mass is 10.1. The molecular weight excluding hydrogens is 206 g/mol. The number of amides is 1. The maximum Gasteiger partial charge on any atom is 0.238 e. The van der Waals surface area contributed by atoms with Crippen LogP contribution in [0.4, 0.5) is 0 Å².